The number of aromatic nitrogens is 5. The monoisotopic (exact) mass is 328 g/mol. The number of hydrogen-bond acceptors (Lipinski definition) is 4. The second kappa shape index (κ2) is 5.67. The van der Waals surface area contributed by atoms with Crippen LogP contribution in [-0.4, -0.2) is 41.9 Å². The summed E-state index contributed by atoms with van der Waals surface area (Å²) >= 11 is 0. The molecule has 0 radical (unpaired) electrons. The van der Waals surface area contributed by atoms with Gasteiger partial charge in [0.1, 0.15) is 5.69 Å². The molecule has 3 heterocycles. The lowest BCUT2D eigenvalue weighted by Crippen LogP contribution is -2.40. The second-order valence-electron chi connectivity index (χ2n) is 5.26. The number of carbonyl (C=O) groups is 1. The Hall–Kier alpha value is -2.39. The van der Waals surface area contributed by atoms with E-state index in [4.69, 9.17) is 0 Å². The Kier molecular flexibility index (Phi) is 3.82. The van der Waals surface area contributed by atoms with Crippen LogP contribution in [0, 0.1) is 0 Å². The lowest BCUT2D eigenvalue weighted by molar-refractivity contribution is -0.147. The predicted octanol–water partition coefficient (Wildman–Crippen LogP) is 1.56. The summed E-state index contributed by atoms with van der Waals surface area (Å²) in [6, 6.07) is 1.61. The summed E-state index contributed by atoms with van der Waals surface area (Å²) in [6.45, 7) is 2.77. The molecule has 23 heavy (non-hydrogen) atoms. The third kappa shape index (κ3) is 2.80. The lowest BCUT2D eigenvalue weighted by Gasteiger charge is -2.28. The molecular formula is C13H15F3N6O. The number of amides is 1. The summed E-state index contributed by atoms with van der Waals surface area (Å²) in [5, 5.41) is 10.9. The molecule has 0 fully saturated rings. The summed E-state index contributed by atoms with van der Waals surface area (Å²) in [5.74, 6) is -1.15. The van der Waals surface area contributed by atoms with E-state index in [0.29, 0.717) is 12.2 Å². The van der Waals surface area contributed by atoms with Crippen molar-refractivity contribution < 1.29 is 18.0 Å². The summed E-state index contributed by atoms with van der Waals surface area (Å²) in [5.41, 5.74) is 0.427. The number of hydrogen-bond donors (Lipinski definition) is 0. The number of halogens is 3. The van der Waals surface area contributed by atoms with Gasteiger partial charge in [0.05, 0.1) is 6.54 Å². The summed E-state index contributed by atoms with van der Waals surface area (Å²) < 4.78 is 41.1. The van der Waals surface area contributed by atoms with Crippen molar-refractivity contribution in [3.05, 3.63) is 29.6 Å². The van der Waals surface area contributed by atoms with Crippen molar-refractivity contribution in [1.82, 2.24) is 29.4 Å². The molecule has 1 amide bonds. The third-order valence-corrected chi connectivity index (χ3v) is 3.67. The first-order valence-corrected chi connectivity index (χ1v) is 7.22. The van der Waals surface area contributed by atoms with Gasteiger partial charge in [0.25, 0.3) is 5.91 Å². The summed E-state index contributed by atoms with van der Waals surface area (Å²) in [6.07, 6.45) is -2.18. The molecule has 124 valence electrons. The largest absolute Gasteiger partial charge is 0.451 e. The van der Waals surface area contributed by atoms with Gasteiger partial charge in [-0.15, -0.1) is 10.2 Å². The molecule has 3 rings (SSSR count). The lowest BCUT2D eigenvalue weighted by atomic mass is 10.3. The van der Waals surface area contributed by atoms with Crippen molar-refractivity contribution in [3.8, 4) is 0 Å². The van der Waals surface area contributed by atoms with E-state index >= 15 is 0 Å². The maximum atomic E-state index is 12.8. The fourth-order valence-electron chi connectivity index (χ4n) is 2.61. The Balaban J connectivity index is 1.81. The SMILES string of the molecule is CCCn1nccc1C(=O)N1CCn2c(nnc2C(F)(F)F)C1. The molecule has 0 spiro atoms. The molecule has 7 nitrogen and oxygen atoms in total. The summed E-state index contributed by atoms with van der Waals surface area (Å²) in [4.78, 5) is 14.0. The number of aryl methyl sites for hydroxylation is 1. The second-order valence-corrected chi connectivity index (χ2v) is 5.26. The Morgan fingerprint density at radius 3 is 2.78 bits per heavy atom. The Morgan fingerprint density at radius 1 is 1.30 bits per heavy atom. The Labute approximate surface area is 129 Å². The molecule has 0 saturated heterocycles. The number of fused-ring (bicyclic) bond motifs is 1. The van der Waals surface area contributed by atoms with Gasteiger partial charge in [-0.05, 0) is 12.5 Å². The average molecular weight is 328 g/mol. The highest BCUT2D eigenvalue weighted by Gasteiger charge is 2.40. The first-order chi connectivity index (χ1) is 10.9. The highest BCUT2D eigenvalue weighted by atomic mass is 19.4. The van der Waals surface area contributed by atoms with E-state index < -0.39 is 12.0 Å². The Bertz CT molecular complexity index is 720. The molecule has 0 unspecified atom stereocenters. The fourth-order valence-corrected chi connectivity index (χ4v) is 2.61. The molecule has 0 N–H and O–H groups in total. The highest BCUT2D eigenvalue weighted by molar-refractivity contribution is 5.92. The minimum atomic E-state index is -4.54. The smallest absolute Gasteiger partial charge is 0.328 e. The van der Waals surface area contributed by atoms with Crippen molar-refractivity contribution >= 4 is 5.91 Å². The maximum absolute atomic E-state index is 12.8. The van der Waals surface area contributed by atoms with Crippen LogP contribution in [0.1, 0.15) is 35.5 Å². The standard InChI is InChI=1S/C13H15F3N6O/c1-2-5-22-9(3-4-17-22)11(23)20-6-7-21-10(8-20)18-19-12(21)13(14,15)16/h3-4H,2,5-8H2,1H3. The molecule has 1 aliphatic heterocycles. The van der Waals surface area contributed by atoms with Gasteiger partial charge >= 0.3 is 6.18 Å². The molecule has 0 bridgehead atoms. The fraction of sp³-hybridized carbons (Fsp3) is 0.538. The van der Waals surface area contributed by atoms with Gasteiger partial charge in [-0.3, -0.25) is 9.48 Å². The quantitative estimate of drug-likeness (QED) is 0.857. The minimum absolute atomic E-state index is 0.000775. The third-order valence-electron chi connectivity index (χ3n) is 3.67. The van der Waals surface area contributed by atoms with E-state index in [2.05, 4.69) is 15.3 Å². The van der Waals surface area contributed by atoms with Crippen LogP contribution < -0.4 is 0 Å². The molecule has 0 saturated carbocycles. The average Bonchev–Trinajstić information content (AvgIpc) is 3.11. The molecule has 2 aromatic heterocycles. The first-order valence-electron chi connectivity index (χ1n) is 7.22. The van der Waals surface area contributed by atoms with Gasteiger partial charge in [0.15, 0.2) is 5.82 Å². The number of alkyl halides is 3. The topological polar surface area (TPSA) is 68.8 Å². The molecule has 2 aromatic rings. The van der Waals surface area contributed by atoms with Crippen LogP contribution in [0.2, 0.25) is 0 Å². The van der Waals surface area contributed by atoms with Crippen LogP contribution in [0.25, 0.3) is 0 Å². The number of rotatable bonds is 3. The van der Waals surface area contributed by atoms with Crippen LogP contribution in [0.4, 0.5) is 13.2 Å². The molecule has 0 aromatic carbocycles. The zero-order valence-electron chi connectivity index (χ0n) is 12.4. The van der Waals surface area contributed by atoms with Crippen molar-refractivity contribution in [2.45, 2.75) is 39.2 Å². The van der Waals surface area contributed by atoms with Crippen LogP contribution in [-0.2, 0) is 25.8 Å². The van der Waals surface area contributed by atoms with Crippen LogP contribution in [0.3, 0.4) is 0 Å². The van der Waals surface area contributed by atoms with E-state index in [9.17, 15) is 18.0 Å². The van der Waals surface area contributed by atoms with E-state index in [1.807, 2.05) is 6.92 Å². The molecular weight excluding hydrogens is 313 g/mol. The molecule has 1 aliphatic rings. The predicted molar refractivity (Wildman–Crippen MR) is 72.3 cm³/mol. The van der Waals surface area contributed by atoms with E-state index in [1.54, 1.807) is 10.7 Å². The van der Waals surface area contributed by atoms with Gasteiger partial charge in [0.2, 0.25) is 5.82 Å². The van der Waals surface area contributed by atoms with Gasteiger partial charge in [-0.2, -0.15) is 18.3 Å². The van der Waals surface area contributed by atoms with Gasteiger partial charge < -0.3 is 9.47 Å². The zero-order valence-corrected chi connectivity index (χ0v) is 12.4. The number of carbonyl (C=O) groups excluding carboxylic acids is 1. The normalized spacial score (nSPS) is 14.9. The van der Waals surface area contributed by atoms with Gasteiger partial charge in [-0.25, -0.2) is 0 Å². The van der Waals surface area contributed by atoms with Gasteiger partial charge in [0, 0.05) is 25.8 Å². The molecule has 10 heteroatoms. The Morgan fingerprint density at radius 2 is 2.09 bits per heavy atom. The maximum Gasteiger partial charge on any atom is 0.451 e. The van der Waals surface area contributed by atoms with Crippen molar-refractivity contribution in [1.29, 1.82) is 0 Å². The number of nitrogens with zero attached hydrogens (tertiary/aromatic N) is 6. The first kappa shape index (κ1) is 15.5. The van der Waals surface area contributed by atoms with E-state index in [1.165, 1.54) is 11.1 Å². The van der Waals surface area contributed by atoms with Crippen LogP contribution >= 0.6 is 0 Å². The molecule has 0 aliphatic carbocycles. The van der Waals surface area contributed by atoms with Crippen molar-refractivity contribution in [2.75, 3.05) is 6.54 Å². The summed E-state index contributed by atoms with van der Waals surface area (Å²) in [7, 11) is 0. The van der Waals surface area contributed by atoms with Gasteiger partial charge in [-0.1, -0.05) is 6.92 Å². The minimum Gasteiger partial charge on any atom is -0.328 e. The van der Waals surface area contributed by atoms with Crippen molar-refractivity contribution in [3.63, 3.8) is 0 Å². The molecule has 0 atom stereocenters. The van der Waals surface area contributed by atoms with Crippen molar-refractivity contribution in [2.24, 2.45) is 0 Å². The van der Waals surface area contributed by atoms with E-state index in [0.717, 1.165) is 11.0 Å². The van der Waals surface area contributed by atoms with Crippen LogP contribution in [0.15, 0.2) is 12.3 Å². The van der Waals surface area contributed by atoms with E-state index in [-0.39, 0.29) is 31.4 Å². The zero-order chi connectivity index (χ0) is 16.6. The highest BCUT2D eigenvalue weighted by Crippen LogP contribution is 2.29. The van der Waals surface area contributed by atoms with Crippen LogP contribution in [0.5, 0.6) is 0 Å².